The van der Waals surface area contributed by atoms with E-state index in [0.29, 0.717) is 57.8 Å². The van der Waals surface area contributed by atoms with Gasteiger partial charge in [-0.3, -0.25) is 62.3 Å². The van der Waals surface area contributed by atoms with E-state index < -0.39 is 140 Å². The first kappa shape index (κ1) is 83.3. The van der Waals surface area contributed by atoms with Crippen LogP contribution in [0.1, 0.15) is 243 Å². The maximum absolute atomic E-state index is 12.0. The first-order valence-corrected chi connectivity index (χ1v) is 30.0. The van der Waals surface area contributed by atoms with Crippen molar-refractivity contribution < 1.29 is 115 Å². The first-order chi connectivity index (χ1) is 39.9. The molecule has 0 aromatic carbocycles. The third-order valence-corrected chi connectivity index (χ3v) is 15.6. The van der Waals surface area contributed by atoms with Gasteiger partial charge in [0, 0.05) is 13.3 Å². The second-order valence-corrected chi connectivity index (χ2v) is 27.0. The van der Waals surface area contributed by atoms with Crippen LogP contribution in [0.25, 0.3) is 0 Å². The normalized spacial score (nSPS) is 19.3. The molecular formula is C64H102O24. The molecule has 88 heavy (non-hydrogen) atoms. The predicted octanol–water partition coefficient (Wildman–Crippen LogP) is 10.0. The van der Waals surface area contributed by atoms with Gasteiger partial charge in [-0.25, -0.2) is 9.59 Å². The molecule has 24 nitrogen and oxygen atoms in total. The minimum absolute atomic E-state index is 0.107. The van der Waals surface area contributed by atoms with E-state index in [0.717, 1.165) is 0 Å². The molecule has 1 aliphatic carbocycles. The van der Waals surface area contributed by atoms with Crippen molar-refractivity contribution >= 4 is 89.5 Å². The number of hydrogen-bond acceptors (Lipinski definition) is 24. The Kier molecular flexibility index (Phi) is 33.6. The quantitative estimate of drug-likeness (QED) is 0.0787. The van der Waals surface area contributed by atoms with Gasteiger partial charge in [-0.2, -0.15) is 0 Å². The topological polar surface area (TPSA) is 339 Å². The summed E-state index contributed by atoms with van der Waals surface area (Å²) in [5.74, 6) is -8.62. The Labute approximate surface area is 519 Å². The van der Waals surface area contributed by atoms with E-state index >= 15 is 0 Å². The van der Waals surface area contributed by atoms with Crippen molar-refractivity contribution in [2.24, 2.45) is 55.7 Å². The van der Waals surface area contributed by atoms with Crippen LogP contribution in [-0.4, -0.2) is 108 Å². The van der Waals surface area contributed by atoms with Crippen molar-refractivity contribution in [3.8, 4) is 0 Å². The Hall–Kier alpha value is -6.75. The molecule has 0 N–H and O–H groups in total. The second kappa shape index (κ2) is 35.4. The van der Waals surface area contributed by atoms with Crippen molar-refractivity contribution in [2.75, 3.05) is 0 Å². The molecule has 0 aromatic heterocycles. The number of hydrogen-bond donors (Lipinski definition) is 0. The van der Waals surface area contributed by atoms with Gasteiger partial charge >= 0.3 is 89.5 Å². The summed E-state index contributed by atoms with van der Waals surface area (Å²) in [5, 5.41) is 0. The van der Waals surface area contributed by atoms with Crippen molar-refractivity contribution in [1.29, 1.82) is 0 Å². The van der Waals surface area contributed by atoms with Crippen LogP contribution in [0.5, 0.6) is 0 Å². The van der Waals surface area contributed by atoms with Crippen LogP contribution >= 0.6 is 0 Å². The van der Waals surface area contributed by atoms with Crippen LogP contribution in [-0.2, 0) is 115 Å². The van der Waals surface area contributed by atoms with Gasteiger partial charge < -0.3 is 42.6 Å². The predicted molar refractivity (Wildman–Crippen MR) is 315 cm³/mol. The molecule has 3 saturated heterocycles. The minimum Gasteiger partial charge on any atom is -0.462 e. The number of ether oxygens (including phenoxy) is 9. The summed E-state index contributed by atoms with van der Waals surface area (Å²) in [6, 6.07) is 0. The summed E-state index contributed by atoms with van der Waals surface area (Å²) in [6.07, 6.45) is 3.35. The fourth-order valence-electron chi connectivity index (χ4n) is 6.02. The molecule has 0 spiro atoms. The first-order valence-electron chi connectivity index (χ1n) is 30.0. The van der Waals surface area contributed by atoms with E-state index in [-0.39, 0.29) is 43.2 Å². The number of carbonyl (C=O) groups excluding carboxylic acids is 15. The summed E-state index contributed by atoms with van der Waals surface area (Å²) < 4.78 is 42.6. The lowest BCUT2D eigenvalue weighted by Crippen LogP contribution is -2.39. The monoisotopic (exact) mass is 1250 g/mol. The largest absolute Gasteiger partial charge is 0.462 e. The maximum Gasteiger partial charge on any atom is 0.355 e. The molecule has 3 heterocycles. The average Bonchev–Trinajstić information content (AvgIpc) is 3.91. The molecule has 5 atom stereocenters. The molecule has 0 amide bonds. The number of rotatable bonds is 16. The summed E-state index contributed by atoms with van der Waals surface area (Å²) in [6.45, 7) is 42.3. The average molecular weight is 1260 g/mol. The van der Waals surface area contributed by atoms with Crippen LogP contribution < -0.4 is 0 Å². The zero-order valence-corrected chi connectivity index (χ0v) is 56.7. The van der Waals surface area contributed by atoms with Crippen molar-refractivity contribution in [3.63, 3.8) is 0 Å². The maximum atomic E-state index is 12.0. The van der Waals surface area contributed by atoms with Crippen molar-refractivity contribution in [1.82, 2.24) is 0 Å². The summed E-state index contributed by atoms with van der Waals surface area (Å²) in [7, 11) is 0. The molecule has 5 unspecified atom stereocenters. The number of esters is 15. The van der Waals surface area contributed by atoms with Gasteiger partial charge in [-0.15, -0.1) is 0 Å². The van der Waals surface area contributed by atoms with Gasteiger partial charge in [-0.05, 0) is 162 Å². The highest BCUT2D eigenvalue weighted by Crippen LogP contribution is 2.39. The molecule has 0 aromatic rings. The molecule has 4 rings (SSSR count). The van der Waals surface area contributed by atoms with E-state index in [1.54, 1.807) is 104 Å². The lowest BCUT2D eigenvalue weighted by molar-refractivity contribution is -0.183. The van der Waals surface area contributed by atoms with Gasteiger partial charge in [0.2, 0.25) is 6.10 Å². The van der Waals surface area contributed by atoms with Crippen LogP contribution in [0, 0.1) is 55.7 Å². The number of carbonyl (C=O) groups is 15. The summed E-state index contributed by atoms with van der Waals surface area (Å²) in [4.78, 5) is 169. The highest BCUT2D eigenvalue weighted by atomic mass is 16.6. The fourth-order valence-corrected chi connectivity index (χ4v) is 6.02. The third kappa shape index (κ3) is 28.2. The van der Waals surface area contributed by atoms with E-state index in [4.69, 9.17) is 18.9 Å². The zero-order valence-electron chi connectivity index (χ0n) is 56.7. The molecule has 4 fully saturated rings. The second-order valence-electron chi connectivity index (χ2n) is 27.0. The van der Waals surface area contributed by atoms with Crippen molar-refractivity contribution in [3.05, 3.63) is 0 Å². The molecule has 24 heteroatoms. The Balaban J connectivity index is 0. The van der Waals surface area contributed by atoms with Crippen molar-refractivity contribution in [2.45, 2.75) is 262 Å². The number of cyclic esters (lactones) is 6. The lowest BCUT2D eigenvalue weighted by Gasteiger charge is -2.30. The summed E-state index contributed by atoms with van der Waals surface area (Å²) in [5.41, 5.74) is -4.10. The Morgan fingerprint density at radius 2 is 0.761 bits per heavy atom. The SMILES string of the molecule is CCC(C)(C)C(=O)OC(=O)C(C)(C)C.CCC(C)(C)C(=O)OC(=O)C(C)C.CCC(C)(C)C(=O)OC(C)=O.CCC(C)(C)C(=O)OC1CC(=O)OC1=O.CCC(C)(C)C(=O)OC1CCC(=O)OC1=O.CCC(C)(C)C(=O)OC1CCC2C(=O)OC(=O)C2C1. The minimum atomic E-state index is -1.06. The summed E-state index contributed by atoms with van der Waals surface area (Å²) >= 11 is 0. The van der Waals surface area contributed by atoms with E-state index in [9.17, 15) is 71.9 Å². The number of fused-ring (bicyclic) bond motifs is 1. The third-order valence-electron chi connectivity index (χ3n) is 15.6. The van der Waals surface area contributed by atoms with Crippen LogP contribution in [0.3, 0.4) is 0 Å². The molecule has 0 bridgehead atoms. The molecule has 1 saturated carbocycles. The van der Waals surface area contributed by atoms with Gasteiger partial charge in [0.15, 0.2) is 6.10 Å². The highest BCUT2D eigenvalue weighted by molar-refractivity contribution is 5.98. The Morgan fingerprint density at radius 3 is 1.12 bits per heavy atom. The van der Waals surface area contributed by atoms with Gasteiger partial charge in [-0.1, -0.05) is 55.4 Å². The van der Waals surface area contributed by atoms with E-state index in [1.807, 2.05) is 55.4 Å². The molecule has 3 aliphatic heterocycles. The molecule has 4 aliphatic rings. The molecule has 502 valence electrons. The fraction of sp³-hybridized carbons (Fsp3) is 0.766. The molecule has 0 radical (unpaired) electrons. The standard InChI is InChI=1S/C14H20O5.C11H16O5.C11H20O3.C10H14O5.C10H18O3.C8H14O3/c1-4-14(2,3)13(17)18-8-5-6-9-10(7-8)12(16)19-11(9)15;1-4-11(2,3)10(14)15-7-5-6-8(12)16-9(7)13;1-7-11(5,6)9(13)14-8(12)10(2,3)4;1-4-10(2,3)9(13)14-6-5-7(11)15-8(6)12;1-6-10(4,5)9(12)13-8(11)7(2)3;1-5-8(3,4)7(10)11-6(2)9/h8-10H,4-7H2,1-3H3;7H,4-6H2,1-3H3;7H2,1-6H3;6H,4-5H2,1-3H3;7H,6H2,1-5H3;5H2,1-4H3. The Morgan fingerprint density at radius 1 is 0.409 bits per heavy atom. The van der Waals surface area contributed by atoms with Crippen LogP contribution in [0.2, 0.25) is 0 Å². The lowest BCUT2D eigenvalue weighted by atomic mass is 9.79. The van der Waals surface area contributed by atoms with E-state index in [2.05, 4.69) is 23.7 Å². The van der Waals surface area contributed by atoms with Gasteiger partial charge in [0.05, 0.1) is 68.5 Å². The zero-order chi connectivity index (χ0) is 69.5. The Bertz CT molecular complexity index is 2520. The van der Waals surface area contributed by atoms with Crippen LogP contribution in [0.15, 0.2) is 0 Å². The van der Waals surface area contributed by atoms with Crippen LogP contribution in [0.4, 0.5) is 0 Å². The van der Waals surface area contributed by atoms with E-state index in [1.165, 1.54) is 6.92 Å². The molecular weight excluding hydrogens is 1150 g/mol. The van der Waals surface area contributed by atoms with Gasteiger partial charge in [0.1, 0.15) is 6.10 Å². The highest BCUT2D eigenvalue weighted by Gasteiger charge is 2.49. The smallest absolute Gasteiger partial charge is 0.355 e. The van der Waals surface area contributed by atoms with Gasteiger partial charge in [0.25, 0.3) is 0 Å².